The first kappa shape index (κ1) is 22.1. The van der Waals surface area contributed by atoms with Gasteiger partial charge in [0.1, 0.15) is 31.6 Å². The highest BCUT2D eigenvalue weighted by molar-refractivity contribution is 6.30. The fourth-order valence-corrected chi connectivity index (χ4v) is 3.85. The van der Waals surface area contributed by atoms with Crippen molar-refractivity contribution < 1.29 is 9.30 Å². The molecule has 4 nitrogen and oxygen atoms in total. The zero-order valence-corrected chi connectivity index (χ0v) is 19.1. The van der Waals surface area contributed by atoms with Crippen LogP contribution in [0.15, 0.2) is 97.6 Å². The minimum atomic E-state index is -0.0237. The molecule has 1 heterocycles. The third-order valence-electron chi connectivity index (χ3n) is 5.50. The largest absolute Gasteiger partial charge is 0.381 e. The van der Waals surface area contributed by atoms with Crippen LogP contribution in [0.5, 0.6) is 0 Å². The topological polar surface area (TPSA) is 30.1 Å². The van der Waals surface area contributed by atoms with Gasteiger partial charge in [0, 0.05) is 10.7 Å². The maximum atomic E-state index is 6.40. The second-order valence-electron chi connectivity index (χ2n) is 7.92. The first-order chi connectivity index (χ1) is 15.7. The summed E-state index contributed by atoms with van der Waals surface area (Å²) in [5.74, 6) is 0. The Morgan fingerprint density at radius 1 is 0.969 bits per heavy atom. The molecule has 164 valence electrons. The summed E-state index contributed by atoms with van der Waals surface area (Å²) >= 11 is 5.95. The average Bonchev–Trinajstić information content (AvgIpc) is 3.26. The van der Waals surface area contributed by atoms with Gasteiger partial charge in [-0.25, -0.2) is 9.13 Å². The van der Waals surface area contributed by atoms with E-state index in [1.165, 1.54) is 16.7 Å². The standard InChI is InChI=1S/C27H29ClN3O/c1-22-7-5-6-10-26(22)27(32-20-23-8-3-2-4-9-23)19-31-18-17-30(21-31)16-15-29-25-13-11-24(28)12-14-25/h2-14,17-18,21,27,29H,15-16,19-20H2,1H3/q+1. The molecule has 1 aromatic heterocycles. The van der Waals surface area contributed by atoms with E-state index in [-0.39, 0.29) is 6.10 Å². The Hall–Kier alpha value is -3.08. The first-order valence-corrected chi connectivity index (χ1v) is 11.3. The van der Waals surface area contributed by atoms with E-state index in [4.69, 9.17) is 16.3 Å². The molecule has 0 aliphatic carbocycles. The van der Waals surface area contributed by atoms with Crippen molar-refractivity contribution in [3.8, 4) is 0 Å². The van der Waals surface area contributed by atoms with E-state index < -0.39 is 0 Å². The van der Waals surface area contributed by atoms with Crippen molar-refractivity contribution in [2.24, 2.45) is 0 Å². The number of halogens is 1. The van der Waals surface area contributed by atoms with Crippen LogP contribution < -0.4 is 9.88 Å². The lowest BCUT2D eigenvalue weighted by molar-refractivity contribution is -0.704. The number of hydrogen-bond acceptors (Lipinski definition) is 2. The fraction of sp³-hybridized carbons (Fsp3) is 0.222. The lowest BCUT2D eigenvalue weighted by Crippen LogP contribution is -2.35. The van der Waals surface area contributed by atoms with E-state index in [9.17, 15) is 0 Å². The Morgan fingerprint density at radius 2 is 1.72 bits per heavy atom. The van der Waals surface area contributed by atoms with Gasteiger partial charge in [-0.1, -0.05) is 66.2 Å². The van der Waals surface area contributed by atoms with Gasteiger partial charge >= 0.3 is 0 Å². The lowest BCUT2D eigenvalue weighted by atomic mass is 10.0. The number of aryl methyl sites for hydroxylation is 1. The number of benzene rings is 3. The van der Waals surface area contributed by atoms with E-state index in [0.29, 0.717) is 6.61 Å². The number of imidazole rings is 1. The zero-order valence-electron chi connectivity index (χ0n) is 18.3. The third-order valence-corrected chi connectivity index (χ3v) is 5.75. The number of hydrogen-bond donors (Lipinski definition) is 1. The quantitative estimate of drug-likeness (QED) is 0.312. The second kappa shape index (κ2) is 11.0. The maximum Gasteiger partial charge on any atom is 0.243 e. The van der Waals surface area contributed by atoms with Gasteiger partial charge < -0.3 is 10.1 Å². The molecule has 1 N–H and O–H groups in total. The van der Waals surface area contributed by atoms with Crippen LogP contribution in [0, 0.1) is 6.92 Å². The Bertz CT molecular complexity index is 1110. The highest BCUT2D eigenvalue weighted by Gasteiger charge is 2.18. The van der Waals surface area contributed by atoms with Crippen LogP contribution in [0.1, 0.15) is 22.8 Å². The molecule has 4 rings (SSSR count). The van der Waals surface area contributed by atoms with Gasteiger partial charge in [-0.2, -0.15) is 0 Å². The normalized spacial score (nSPS) is 11.9. The van der Waals surface area contributed by atoms with Crippen LogP contribution in [-0.4, -0.2) is 11.1 Å². The van der Waals surface area contributed by atoms with Crippen LogP contribution >= 0.6 is 11.6 Å². The first-order valence-electron chi connectivity index (χ1n) is 10.9. The Morgan fingerprint density at radius 3 is 2.50 bits per heavy atom. The summed E-state index contributed by atoms with van der Waals surface area (Å²) in [4.78, 5) is 0. The number of nitrogens with zero attached hydrogens (tertiary/aromatic N) is 2. The molecule has 0 saturated heterocycles. The maximum absolute atomic E-state index is 6.40. The minimum absolute atomic E-state index is 0.0237. The van der Waals surface area contributed by atoms with Gasteiger partial charge in [0.15, 0.2) is 0 Å². The predicted molar refractivity (Wildman–Crippen MR) is 130 cm³/mol. The van der Waals surface area contributed by atoms with Crippen molar-refractivity contribution in [2.75, 3.05) is 11.9 Å². The molecular formula is C27H29ClN3O+. The highest BCUT2D eigenvalue weighted by Crippen LogP contribution is 2.23. The van der Waals surface area contributed by atoms with Crippen LogP contribution in [0.25, 0.3) is 0 Å². The molecule has 0 amide bonds. The average molecular weight is 447 g/mol. The van der Waals surface area contributed by atoms with Crippen molar-refractivity contribution in [1.29, 1.82) is 0 Å². The summed E-state index contributed by atoms with van der Waals surface area (Å²) < 4.78 is 10.8. The molecule has 1 unspecified atom stereocenters. The molecular weight excluding hydrogens is 418 g/mol. The van der Waals surface area contributed by atoms with Gasteiger partial charge in [0.25, 0.3) is 0 Å². The molecule has 0 spiro atoms. The summed E-state index contributed by atoms with van der Waals surface area (Å²) in [6.07, 6.45) is 6.33. The molecule has 3 aromatic carbocycles. The number of ether oxygens (including phenoxy) is 1. The lowest BCUT2D eigenvalue weighted by Gasteiger charge is -2.19. The van der Waals surface area contributed by atoms with Crippen molar-refractivity contribution >= 4 is 17.3 Å². The Labute approximate surface area is 195 Å². The third kappa shape index (κ3) is 6.22. The van der Waals surface area contributed by atoms with Crippen LogP contribution in [-0.2, 0) is 24.4 Å². The van der Waals surface area contributed by atoms with E-state index in [1.807, 2.05) is 30.3 Å². The molecule has 1 atom stereocenters. The smallest absolute Gasteiger partial charge is 0.243 e. The Balaban J connectivity index is 1.38. The predicted octanol–water partition coefficient (Wildman–Crippen LogP) is 5.81. The zero-order chi connectivity index (χ0) is 22.2. The number of aromatic nitrogens is 2. The summed E-state index contributed by atoms with van der Waals surface area (Å²) in [5, 5.41) is 4.18. The fourth-order valence-electron chi connectivity index (χ4n) is 3.73. The number of rotatable bonds is 10. The molecule has 4 aromatic rings. The van der Waals surface area contributed by atoms with Gasteiger partial charge in [-0.3, -0.25) is 0 Å². The summed E-state index contributed by atoms with van der Waals surface area (Å²) in [6.45, 7) is 5.20. The van der Waals surface area contributed by atoms with E-state index in [0.717, 1.165) is 30.3 Å². The summed E-state index contributed by atoms with van der Waals surface area (Å²) in [7, 11) is 0. The van der Waals surface area contributed by atoms with Crippen LogP contribution in [0.2, 0.25) is 5.02 Å². The van der Waals surface area contributed by atoms with Gasteiger partial charge in [0.2, 0.25) is 6.33 Å². The number of anilines is 1. The highest BCUT2D eigenvalue weighted by atomic mass is 35.5. The molecule has 0 saturated carbocycles. The SMILES string of the molecule is Cc1ccccc1C(C[n+]1ccn(CCNc2ccc(Cl)cc2)c1)OCc1ccccc1. The summed E-state index contributed by atoms with van der Waals surface area (Å²) in [5.41, 5.74) is 4.73. The molecule has 5 heteroatoms. The van der Waals surface area contributed by atoms with Crippen molar-refractivity contribution in [1.82, 2.24) is 4.57 Å². The van der Waals surface area contributed by atoms with Gasteiger partial charge in [0.05, 0.1) is 13.2 Å². The molecule has 32 heavy (non-hydrogen) atoms. The van der Waals surface area contributed by atoms with Crippen molar-refractivity contribution in [3.63, 3.8) is 0 Å². The van der Waals surface area contributed by atoms with Crippen molar-refractivity contribution in [2.45, 2.75) is 32.7 Å². The molecule has 0 bridgehead atoms. The van der Waals surface area contributed by atoms with Crippen molar-refractivity contribution in [3.05, 3.63) is 119 Å². The monoisotopic (exact) mass is 446 g/mol. The minimum Gasteiger partial charge on any atom is -0.381 e. The molecule has 0 fully saturated rings. The molecule has 0 radical (unpaired) electrons. The Kier molecular flexibility index (Phi) is 7.59. The van der Waals surface area contributed by atoms with Crippen LogP contribution in [0.3, 0.4) is 0 Å². The van der Waals surface area contributed by atoms with Crippen LogP contribution in [0.4, 0.5) is 5.69 Å². The molecule has 0 aliphatic rings. The van der Waals surface area contributed by atoms with E-state index in [2.05, 4.69) is 88.6 Å². The summed E-state index contributed by atoms with van der Waals surface area (Å²) in [6, 6.07) is 26.6. The van der Waals surface area contributed by atoms with Gasteiger partial charge in [-0.05, 0) is 47.9 Å². The van der Waals surface area contributed by atoms with E-state index >= 15 is 0 Å². The van der Waals surface area contributed by atoms with Gasteiger partial charge in [-0.15, -0.1) is 0 Å². The second-order valence-corrected chi connectivity index (χ2v) is 8.36. The molecule has 0 aliphatic heterocycles. The number of nitrogens with one attached hydrogen (secondary N) is 1. The van der Waals surface area contributed by atoms with E-state index in [1.54, 1.807) is 0 Å².